The average molecular weight is 578 g/mol. The predicted octanol–water partition coefficient (Wildman–Crippen LogP) is 3.62. The van der Waals surface area contributed by atoms with E-state index in [1.165, 1.54) is 13.5 Å². The monoisotopic (exact) mass is 577 g/mol. The molecule has 0 radical (unpaired) electrons. The maximum atomic E-state index is 13.5. The number of carbonyl (C=O) groups excluding carboxylic acids is 3. The summed E-state index contributed by atoms with van der Waals surface area (Å²) in [5.41, 5.74) is 2.36. The summed E-state index contributed by atoms with van der Waals surface area (Å²) in [6, 6.07) is 10.6. The number of carbonyl (C=O) groups is 3. The van der Waals surface area contributed by atoms with Crippen LogP contribution < -0.4 is 25.0 Å². The summed E-state index contributed by atoms with van der Waals surface area (Å²) >= 11 is 0. The van der Waals surface area contributed by atoms with Crippen LogP contribution >= 0.6 is 0 Å². The van der Waals surface area contributed by atoms with Crippen LogP contribution in [-0.4, -0.2) is 94.1 Å². The minimum Gasteiger partial charge on any atom is -0.493 e. The minimum atomic E-state index is -0.313. The highest BCUT2D eigenvalue weighted by Crippen LogP contribution is 2.32. The van der Waals surface area contributed by atoms with E-state index < -0.39 is 0 Å². The second-order valence-electron chi connectivity index (χ2n) is 11.3. The van der Waals surface area contributed by atoms with Crippen LogP contribution in [0.2, 0.25) is 0 Å². The van der Waals surface area contributed by atoms with Crippen LogP contribution in [0.1, 0.15) is 59.2 Å². The Kier molecular flexibility index (Phi) is 9.84. The summed E-state index contributed by atoms with van der Waals surface area (Å²) in [7, 11) is 3.08. The third-order valence-electron chi connectivity index (χ3n) is 8.65. The molecule has 0 spiro atoms. The number of hydrogen-bond donors (Lipinski definition) is 2. The second-order valence-corrected chi connectivity index (χ2v) is 11.3. The lowest BCUT2D eigenvalue weighted by atomic mass is 9.88. The predicted molar refractivity (Wildman–Crippen MR) is 163 cm³/mol. The van der Waals surface area contributed by atoms with Crippen LogP contribution in [0.3, 0.4) is 0 Å². The van der Waals surface area contributed by atoms with E-state index >= 15 is 0 Å². The summed E-state index contributed by atoms with van der Waals surface area (Å²) in [5.74, 6) is 1.07. The van der Waals surface area contributed by atoms with Crippen molar-refractivity contribution in [3.05, 3.63) is 47.5 Å². The highest BCUT2D eigenvalue weighted by atomic mass is 16.5. The standard InChI is InChI=1S/C32H43N5O5/c1-41-28-12-10-24(22-29(28)42-2)30(38)34-26-21-25(32(40)36-15-6-13-33-14-16-36)9-11-27(26)35-17-19-37(20-18-35)31(39)23-7-4-3-5-8-23/h9-12,21-23,33H,3-8,13-20H2,1-2H3,(H,34,38). The zero-order valence-electron chi connectivity index (χ0n) is 24.8. The molecular weight excluding hydrogens is 534 g/mol. The zero-order chi connectivity index (χ0) is 29.5. The van der Waals surface area contributed by atoms with E-state index in [0.29, 0.717) is 67.6 Å². The Morgan fingerprint density at radius 1 is 0.762 bits per heavy atom. The van der Waals surface area contributed by atoms with Crippen molar-refractivity contribution < 1.29 is 23.9 Å². The van der Waals surface area contributed by atoms with Crippen LogP contribution in [0.5, 0.6) is 11.5 Å². The number of nitrogens with one attached hydrogen (secondary N) is 2. The van der Waals surface area contributed by atoms with Crippen molar-refractivity contribution in [2.24, 2.45) is 5.92 Å². The first-order valence-electron chi connectivity index (χ1n) is 15.2. The van der Waals surface area contributed by atoms with Crippen molar-refractivity contribution in [1.82, 2.24) is 15.1 Å². The summed E-state index contributed by atoms with van der Waals surface area (Å²) in [5, 5.41) is 6.40. The molecular formula is C32H43N5O5. The quantitative estimate of drug-likeness (QED) is 0.518. The number of hydrogen-bond acceptors (Lipinski definition) is 7. The van der Waals surface area contributed by atoms with Crippen LogP contribution in [0.15, 0.2) is 36.4 Å². The zero-order valence-corrected chi connectivity index (χ0v) is 24.8. The number of methoxy groups -OCH3 is 2. The molecule has 2 aromatic carbocycles. The number of piperazine rings is 1. The fraction of sp³-hybridized carbons (Fsp3) is 0.531. The van der Waals surface area contributed by atoms with Gasteiger partial charge in [-0.15, -0.1) is 0 Å². The molecule has 0 bridgehead atoms. The van der Waals surface area contributed by atoms with Gasteiger partial charge in [-0.25, -0.2) is 0 Å². The van der Waals surface area contributed by atoms with Crippen LogP contribution in [0.4, 0.5) is 11.4 Å². The number of nitrogens with zero attached hydrogens (tertiary/aromatic N) is 3. The topological polar surface area (TPSA) is 103 Å². The molecule has 2 N–H and O–H groups in total. The summed E-state index contributed by atoms with van der Waals surface area (Å²) < 4.78 is 10.7. The van der Waals surface area contributed by atoms with Gasteiger partial charge in [-0.3, -0.25) is 14.4 Å². The van der Waals surface area contributed by atoms with E-state index in [4.69, 9.17) is 9.47 Å². The van der Waals surface area contributed by atoms with Gasteiger partial charge in [0, 0.05) is 62.9 Å². The molecule has 2 aromatic rings. The Labute approximate surface area is 248 Å². The van der Waals surface area contributed by atoms with Gasteiger partial charge in [-0.05, 0) is 62.2 Å². The van der Waals surface area contributed by atoms with Crippen molar-refractivity contribution in [3.63, 3.8) is 0 Å². The molecule has 42 heavy (non-hydrogen) atoms. The first-order valence-corrected chi connectivity index (χ1v) is 15.2. The third-order valence-corrected chi connectivity index (χ3v) is 8.65. The number of ether oxygens (including phenoxy) is 2. The molecule has 0 aromatic heterocycles. The third kappa shape index (κ3) is 6.81. The van der Waals surface area contributed by atoms with E-state index in [2.05, 4.69) is 15.5 Å². The normalized spacial score (nSPS) is 18.3. The molecule has 1 saturated carbocycles. The lowest BCUT2D eigenvalue weighted by molar-refractivity contribution is -0.136. The molecule has 2 heterocycles. The molecule has 10 heteroatoms. The Hall–Kier alpha value is -3.79. The molecule has 5 rings (SSSR count). The lowest BCUT2D eigenvalue weighted by Gasteiger charge is -2.39. The van der Waals surface area contributed by atoms with E-state index in [1.54, 1.807) is 31.4 Å². The Bertz CT molecular complexity index is 1260. The number of benzene rings is 2. The highest BCUT2D eigenvalue weighted by molar-refractivity contribution is 6.07. The van der Waals surface area contributed by atoms with Gasteiger partial charge < -0.3 is 34.8 Å². The molecule has 3 aliphatic rings. The van der Waals surface area contributed by atoms with Crippen LogP contribution in [0.25, 0.3) is 0 Å². The first-order chi connectivity index (χ1) is 20.5. The van der Waals surface area contributed by atoms with Gasteiger partial charge >= 0.3 is 0 Å². The van der Waals surface area contributed by atoms with E-state index in [9.17, 15) is 14.4 Å². The molecule has 10 nitrogen and oxygen atoms in total. The van der Waals surface area contributed by atoms with Crippen molar-refractivity contribution in [2.75, 3.05) is 76.8 Å². The number of rotatable bonds is 7. The number of anilines is 2. The number of amides is 3. The van der Waals surface area contributed by atoms with Crippen molar-refractivity contribution >= 4 is 29.1 Å². The summed E-state index contributed by atoms with van der Waals surface area (Å²) in [6.07, 6.45) is 6.39. The molecule has 2 aliphatic heterocycles. The average Bonchev–Trinajstić information content (AvgIpc) is 3.34. The van der Waals surface area contributed by atoms with Gasteiger partial charge in [0.15, 0.2) is 11.5 Å². The van der Waals surface area contributed by atoms with E-state index in [-0.39, 0.29) is 23.6 Å². The first kappa shape index (κ1) is 29.7. The maximum Gasteiger partial charge on any atom is 0.255 e. The van der Waals surface area contributed by atoms with Gasteiger partial charge in [0.05, 0.1) is 25.6 Å². The SMILES string of the molecule is COc1ccc(C(=O)Nc2cc(C(=O)N3CCCNCC3)ccc2N2CCN(C(=O)C3CCCCC3)CC2)cc1OC. The fourth-order valence-corrected chi connectivity index (χ4v) is 6.22. The van der Waals surface area contributed by atoms with Gasteiger partial charge in [-0.2, -0.15) is 0 Å². The van der Waals surface area contributed by atoms with Crippen molar-refractivity contribution in [2.45, 2.75) is 38.5 Å². The molecule has 1 aliphatic carbocycles. The molecule has 0 unspecified atom stereocenters. The van der Waals surface area contributed by atoms with Crippen LogP contribution in [0, 0.1) is 5.92 Å². The van der Waals surface area contributed by atoms with Gasteiger partial charge in [0.1, 0.15) is 0 Å². The van der Waals surface area contributed by atoms with E-state index in [1.807, 2.05) is 21.9 Å². The fourth-order valence-electron chi connectivity index (χ4n) is 6.22. The Balaban J connectivity index is 1.37. The minimum absolute atomic E-state index is 0.0465. The lowest BCUT2D eigenvalue weighted by Crippen LogP contribution is -2.50. The van der Waals surface area contributed by atoms with Gasteiger partial charge in [-0.1, -0.05) is 19.3 Å². The van der Waals surface area contributed by atoms with Crippen molar-refractivity contribution in [3.8, 4) is 11.5 Å². The van der Waals surface area contributed by atoms with Gasteiger partial charge in [0.25, 0.3) is 11.8 Å². The summed E-state index contributed by atoms with van der Waals surface area (Å²) in [6.45, 7) is 5.58. The second kappa shape index (κ2) is 13.9. The molecule has 3 fully saturated rings. The van der Waals surface area contributed by atoms with Crippen LogP contribution in [-0.2, 0) is 4.79 Å². The van der Waals surface area contributed by atoms with Gasteiger partial charge in [0.2, 0.25) is 5.91 Å². The Morgan fingerprint density at radius 3 is 2.24 bits per heavy atom. The van der Waals surface area contributed by atoms with E-state index in [0.717, 1.165) is 50.9 Å². The summed E-state index contributed by atoms with van der Waals surface area (Å²) in [4.78, 5) is 46.1. The smallest absolute Gasteiger partial charge is 0.255 e. The molecule has 0 atom stereocenters. The Morgan fingerprint density at radius 2 is 1.50 bits per heavy atom. The molecule has 2 saturated heterocycles. The molecule has 3 amide bonds. The molecule has 226 valence electrons. The maximum absolute atomic E-state index is 13.5. The highest BCUT2D eigenvalue weighted by Gasteiger charge is 2.30. The van der Waals surface area contributed by atoms with Crippen molar-refractivity contribution in [1.29, 1.82) is 0 Å². The largest absolute Gasteiger partial charge is 0.493 e.